The summed E-state index contributed by atoms with van der Waals surface area (Å²) in [7, 11) is 0. The van der Waals surface area contributed by atoms with Gasteiger partial charge in [0.2, 0.25) is 0 Å². The fourth-order valence-corrected chi connectivity index (χ4v) is 3.29. The minimum absolute atomic E-state index is 0.157. The summed E-state index contributed by atoms with van der Waals surface area (Å²) in [5.41, 5.74) is 1.39. The third-order valence-corrected chi connectivity index (χ3v) is 4.56. The van der Waals surface area contributed by atoms with E-state index in [9.17, 15) is 9.59 Å². The number of nitrogens with zero attached hydrogens (tertiary/aromatic N) is 3. The molecule has 0 atom stereocenters. The molecule has 0 aromatic carbocycles. The number of nitrogens with one attached hydrogen (secondary N) is 1. The van der Waals surface area contributed by atoms with Crippen LogP contribution in [0.25, 0.3) is 5.65 Å². The van der Waals surface area contributed by atoms with Gasteiger partial charge in [-0.05, 0) is 50.9 Å². The number of aryl methyl sites for hydroxylation is 1. The van der Waals surface area contributed by atoms with Gasteiger partial charge in [0.1, 0.15) is 11.2 Å². The molecule has 1 aliphatic rings. The Kier molecular flexibility index (Phi) is 4.94. The Labute approximate surface area is 141 Å². The maximum Gasteiger partial charge on any atom is 0.270 e. The highest BCUT2D eigenvalue weighted by atomic mass is 16.2. The third-order valence-electron chi connectivity index (χ3n) is 4.56. The van der Waals surface area contributed by atoms with Gasteiger partial charge in [-0.3, -0.25) is 14.0 Å². The highest BCUT2D eigenvalue weighted by Crippen LogP contribution is 2.15. The molecule has 0 saturated carbocycles. The van der Waals surface area contributed by atoms with Crippen molar-refractivity contribution in [2.24, 2.45) is 0 Å². The minimum atomic E-state index is -0.288. The molecule has 0 bridgehead atoms. The summed E-state index contributed by atoms with van der Waals surface area (Å²) in [6, 6.07) is 3.89. The Hall–Kier alpha value is -2.21. The molecular weight excluding hydrogens is 304 g/mol. The molecule has 1 aliphatic heterocycles. The molecule has 6 heteroatoms. The van der Waals surface area contributed by atoms with E-state index < -0.39 is 0 Å². The van der Waals surface area contributed by atoms with Crippen molar-refractivity contribution in [3.8, 4) is 0 Å². The van der Waals surface area contributed by atoms with Crippen molar-refractivity contribution < 1.29 is 4.79 Å². The fraction of sp³-hybridized carbons (Fsp3) is 0.500. The molecule has 0 spiro atoms. The predicted octanol–water partition coefficient (Wildman–Crippen LogP) is 1.61. The summed E-state index contributed by atoms with van der Waals surface area (Å²) in [5.74, 6) is -0.197. The van der Waals surface area contributed by atoms with Crippen LogP contribution in [0.15, 0.2) is 29.3 Å². The second-order valence-electron chi connectivity index (χ2n) is 6.39. The Morgan fingerprint density at radius 2 is 2.12 bits per heavy atom. The summed E-state index contributed by atoms with van der Waals surface area (Å²) in [6.07, 6.45) is 5.88. The van der Waals surface area contributed by atoms with Crippen LogP contribution in [-0.4, -0.2) is 45.9 Å². The van der Waals surface area contributed by atoms with Gasteiger partial charge in [0, 0.05) is 25.0 Å². The van der Waals surface area contributed by atoms with Gasteiger partial charge < -0.3 is 10.2 Å². The first-order valence-electron chi connectivity index (χ1n) is 8.61. The lowest BCUT2D eigenvalue weighted by Gasteiger charge is -2.34. The quantitative estimate of drug-likeness (QED) is 0.926. The largest absolute Gasteiger partial charge is 0.335 e. The molecule has 128 valence electrons. The number of fused-ring (bicyclic) bond motifs is 1. The van der Waals surface area contributed by atoms with Gasteiger partial charge in [0.15, 0.2) is 0 Å². The third kappa shape index (κ3) is 3.19. The van der Waals surface area contributed by atoms with Gasteiger partial charge in [-0.2, -0.15) is 0 Å². The summed E-state index contributed by atoms with van der Waals surface area (Å²) in [6.45, 7) is 6.45. The van der Waals surface area contributed by atoms with Crippen molar-refractivity contribution in [1.29, 1.82) is 0 Å². The lowest BCUT2D eigenvalue weighted by molar-refractivity contribution is 0.0640. The van der Waals surface area contributed by atoms with Crippen LogP contribution in [0.1, 0.15) is 42.1 Å². The average Bonchev–Trinajstić information content (AvgIpc) is 2.61. The van der Waals surface area contributed by atoms with Crippen LogP contribution in [0, 0.1) is 6.92 Å². The van der Waals surface area contributed by atoms with E-state index in [-0.39, 0.29) is 23.1 Å². The highest BCUT2D eigenvalue weighted by molar-refractivity contribution is 5.94. The average molecular weight is 328 g/mol. The molecule has 0 unspecified atom stereocenters. The van der Waals surface area contributed by atoms with Crippen LogP contribution in [0.4, 0.5) is 0 Å². The molecule has 3 rings (SSSR count). The SMILES string of the molecule is CCCN(C(=O)c1cnc2ccc(C)cn2c1=O)C1CCNCC1. The highest BCUT2D eigenvalue weighted by Gasteiger charge is 2.27. The number of carbonyl (C=O) groups excluding carboxylic acids is 1. The number of piperidine rings is 1. The molecule has 1 N–H and O–H groups in total. The number of hydrogen-bond donors (Lipinski definition) is 1. The maximum absolute atomic E-state index is 13.0. The zero-order chi connectivity index (χ0) is 17.1. The molecular formula is C18H24N4O2. The van der Waals surface area contributed by atoms with Gasteiger partial charge in [0.05, 0.1) is 0 Å². The molecule has 1 fully saturated rings. The van der Waals surface area contributed by atoms with E-state index in [1.165, 1.54) is 10.6 Å². The number of hydrogen-bond acceptors (Lipinski definition) is 4. The molecule has 2 aromatic heterocycles. The van der Waals surface area contributed by atoms with Gasteiger partial charge in [-0.1, -0.05) is 13.0 Å². The Balaban J connectivity index is 1.99. The summed E-state index contributed by atoms with van der Waals surface area (Å²) < 4.78 is 1.47. The zero-order valence-corrected chi connectivity index (χ0v) is 14.3. The summed E-state index contributed by atoms with van der Waals surface area (Å²) in [5, 5.41) is 3.32. The van der Waals surface area contributed by atoms with E-state index in [1.807, 2.05) is 17.9 Å². The molecule has 6 nitrogen and oxygen atoms in total. The van der Waals surface area contributed by atoms with E-state index in [1.54, 1.807) is 12.3 Å². The molecule has 1 amide bonds. The van der Waals surface area contributed by atoms with Gasteiger partial charge >= 0.3 is 0 Å². The van der Waals surface area contributed by atoms with E-state index in [2.05, 4.69) is 17.2 Å². The molecule has 24 heavy (non-hydrogen) atoms. The number of aromatic nitrogens is 2. The topological polar surface area (TPSA) is 66.7 Å². The van der Waals surface area contributed by atoms with Crippen LogP contribution < -0.4 is 10.9 Å². The van der Waals surface area contributed by atoms with E-state index >= 15 is 0 Å². The van der Waals surface area contributed by atoms with Crippen LogP contribution in [-0.2, 0) is 0 Å². The predicted molar refractivity (Wildman–Crippen MR) is 93.4 cm³/mol. The zero-order valence-electron chi connectivity index (χ0n) is 14.3. The lowest BCUT2D eigenvalue weighted by atomic mass is 10.0. The first kappa shape index (κ1) is 16.6. The molecule has 0 aliphatic carbocycles. The number of rotatable bonds is 4. The molecule has 3 heterocycles. The van der Waals surface area contributed by atoms with Crippen molar-refractivity contribution in [2.45, 2.75) is 39.2 Å². The van der Waals surface area contributed by atoms with Crippen molar-refractivity contribution in [1.82, 2.24) is 19.6 Å². The fourth-order valence-electron chi connectivity index (χ4n) is 3.29. The van der Waals surface area contributed by atoms with Crippen LogP contribution in [0.2, 0.25) is 0 Å². The summed E-state index contributed by atoms with van der Waals surface area (Å²) in [4.78, 5) is 32.0. The Morgan fingerprint density at radius 3 is 2.83 bits per heavy atom. The Morgan fingerprint density at radius 1 is 1.38 bits per heavy atom. The standard InChI is InChI=1S/C18H24N4O2/c1-3-10-21(14-6-8-19-9-7-14)17(23)15-11-20-16-5-4-13(2)12-22(16)18(15)24/h4-5,11-12,14,19H,3,6-10H2,1-2H3. The second kappa shape index (κ2) is 7.13. The summed E-state index contributed by atoms with van der Waals surface area (Å²) >= 11 is 0. The maximum atomic E-state index is 13.0. The van der Waals surface area contributed by atoms with Crippen molar-refractivity contribution in [3.05, 3.63) is 46.0 Å². The van der Waals surface area contributed by atoms with E-state index in [4.69, 9.17) is 0 Å². The number of pyridine rings is 1. The first-order valence-corrected chi connectivity index (χ1v) is 8.61. The molecule has 1 saturated heterocycles. The van der Waals surface area contributed by atoms with Crippen LogP contribution in [0.3, 0.4) is 0 Å². The Bertz CT molecular complexity index is 793. The van der Waals surface area contributed by atoms with E-state index in [0.717, 1.165) is 37.9 Å². The number of carbonyl (C=O) groups is 1. The lowest BCUT2D eigenvalue weighted by Crippen LogP contribution is -2.47. The van der Waals surface area contributed by atoms with Gasteiger partial charge in [-0.25, -0.2) is 4.98 Å². The normalized spacial score (nSPS) is 15.6. The van der Waals surface area contributed by atoms with Crippen LogP contribution in [0.5, 0.6) is 0 Å². The van der Waals surface area contributed by atoms with Gasteiger partial charge in [0.25, 0.3) is 11.5 Å². The second-order valence-corrected chi connectivity index (χ2v) is 6.39. The molecule has 0 radical (unpaired) electrons. The van der Waals surface area contributed by atoms with Crippen molar-refractivity contribution in [3.63, 3.8) is 0 Å². The smallest absolute Gasteiger partial charge is 0.270 e. The van der Waals surface area contributed by atoms with Crippen molar-refractivity contribution >= 4 is 11.6 Å². The van der Waals surface area contributed by atoms with Crippen molar-refractivity contribution in [2.75, 3.05) is 19.6 Å². The van der Waals surface area contributed by atoms with E-state index in [0.29, 0.717) is 12.2 Å². The van der Waals surface area contributed by atoms with Gasteiger partial charge in [-0.15, -0.1) is 0 Å². The monoisotopic (exact) mass is 328 g/mol. The van der Waals surface area contributed by atoms with Crippen LogP contribution >= 0.6 is 0 Å². The number of amides is 1. The first-order chi connectivity index (χ1) is 11.6. The molecule has 2 aromatic rings. The minimum Gasteiger partial charge on any atom is -0.335 e.